The van der Waals surface area contributed by atoms with E-state index in [1.807, 2.05) is 0 Å². The van der Waals surface area contributed by atoms with E-state index in [0.29, 0.717) is 0 Å². The lowest BCUT2D eigenvalue weighted by molar-refractivity contribution is -0.0224. The lowest BCUT2D eigenvalue weighted by Gasteiger charge is -2.17. The topological polar surface area (TPSA) is 41.6 Å². The van der Waals surface area contributed by atoms with E-state index < -0.39 is 12.5 Å². The molecule has 17 heavy (non-hydrogen) atoms. The van der Waals surface area contributed by atoms with Crippen molar-refractivity contribution in [2.45, 2.75) is 12.5 Å². The van der Waals surface area contributed by atoms with Crippen LogP contribution in [0.25, 0.3) is 0 Å². The van der Waals surface area contributed by atoms with Crippen LogP contribution in [0.15, 0.2) is 42.7 Å². The number of hydrogen-bond donors (Lipinski definition) is 0. The molecule has 0 radical (unpaired) electrons. The van der Waals surface area contributed by atoms with Crippen LogP contribution in [0.5, 0.6) is 0 Å². The van der Waals surface area contributed by atoms with Gasteiger partial charge in [0, 0.05) is 18.0 Å². The second kappa shape index (κ2) is 4.34. The maximum absolute atomic E-state index is 13.9. The Morgan fingerprint density at radius 1 is 1.29 bits per heavy atom. The Morgan fingerprint density at radius 2 is 2.00 bits per heavy atom. The van der Waals surface area contributed by atoms with Gasteiger partial charge in [-0.3, -0.25) is 0 Å². The summed E-state index contributed by atoms with van der Waals surface area (Å²) in [6.07, 6.45) is 2.70. The second-order valence-electron chi connectivity index (χ2n) is 3.56. The van der Waals surface area contributed by atoms with E-state index in [2.05, 4.69) is 4.98 Å². The van der Waals surface area contributed by atoms with Crippen molar-refractivity contribution in [3.63, 3.8) is 0 Å². The molecule has 0 bridgehead atoms. The Labute approximate surface area is 96.9 Å². The van der Waals surface area contributed by atoms with Crippen molar-refractivity contribution >= 4 is 0 Å². The third-order valence-electron chi connectivity index (χ3n) is 2.38. The Morgan fingerprint density at radius 3 is 2.65 bits per heavy atom. The van der Waals surface area contributed by atoms with Crippen LogP contribution < -0.4 is 0 Å². The zero-order valence-electron chi connectivity index (χ0n) is 8.85. The maximum atomic E-state index is 13.9. The van der Waals surface area contributed by atoms with Gasteiger partial charge >= 0.3 is 0 Å². The molecule has 0 unspecified atom stereocenters. The van der Waals surface area contributed by atoms with Crippen LogP contribution in [0.1, 0.15) is 11.4 Å². The van der Waals surface area contributed by atoms with Crippen molar-refractivity contribution in [2.75, 3.05) is 0 Å². The number of aromatic nitrogens is 2. The summed E-state index contributed by atoms with van der Waals surface area (Å²) in [5.74, 6) is -3.03. The van der Waals surface area contributed by atoms with E-state index in [1.165, 1.54) is 24.5 Å². The average molecular weight is 233 g/mol. The van der Waals surface area contributed by atoms with Crippen molar-refractivity contribution in [2.24, 2.45) is 0 Å². The first-order chi connectivity index (χ1) is 8.13. The Hall–Kier alpha value is -2.22. The Kier molecular flexibility index (Phi) is 2.88. The predicted octanol–water partition coefficient (Wildman–Crippen LogP) is 2.55. The minimum absolute atomic E-state index is 0.0133. The van der Waals surface area contributed by atoms with E-state index in [4.69, 9.17) is 5.26 Å². The molecule has 1 heterocycles. The average Bonchev–Trinajstić information content (AvgIpc) is 2.77. The number of benzene rings is 1. The first-order valence-corrected chi connectivity index (χ1v) is 4.98. The van der Waals surface area contributed by atoms with Crippen molar-refractivity contribution < 1.29 is 8.78 Å². The molecule has 0 amide bonds. The smallest absolute Gasteiger partial charge is 0.290 e. The Bertz CT molecular complexity index is 540. The lowest BCUT2D eigenvalue weighted by atomic mass is 10.1. The molecule has 5 heteroatoms. The summed E-state index contributed by atoms with van der Waals surface area (Å²) in [7, 11) is 0. The first-order valence-electron chi connectivity index (χ1n) is 4.98. The van der Waals surface area contributed by atoms with Gasteiger partial charge in [-0.25, -0.2) is 4.98 Å². The van der Waals surface area contributed by atoms with Gasteiger partial charge in [0.25, 0.3) is 5.92 Å². The number of nitriles is 1. The van der Waals surface area contributed by atoms with Gasteiger partial charge in [-0.1, -0.05) is 30.3 Å². The summed E-state index contributed by atoms with van der Waals surface area (Å²) >= 11 is 0. The number of alkyl halides is 2. The van der Waals surface area contributed by atoms with E-state index in [9.17, 15) is 8.78 Å². The molecule has 0 aliphatic rings. The molecular weight excluding hydrogens is 224 g/mol. The van der Waals surface area contributed by atoms with E-state index in [1.54, 1.807) is 24.3 Å². The van der Waals surface area contributed by atoms with Crippen molar-refractivity contribution in [3.05, 3.63) is 54.1 Å². The molecule has 0 aliphatic carbocycles. The summed E-state index contributed by atoms with van der Waals surface area (Å²) in [5, 5.41) is 8.70. The van der Waals surface area contributed by atoms with E-state index in [0.717, 1.165) is 4.57 Å². The van der Waals surface area contributed by atoms with E-state index >= 15 is 0 Å². The van der Waals surface area contributed by atoms with Crippen LogP contribution in [0, 0.1) is 11.3 Å². The first kappa shape index (κ1) is 11.3. The minimum atomic E-state index is -3.02. The molecule has 0 saturated heterocycles. The standard InChI is InChI=1S/C12H9F2N3/c13-12(14,10-4-2-1-3-5-10)9-17-7-6-16-11(17)8-15/h1-7H,9H2. The molecule has 0 atom stereocenters. The number of imidazole rings is 1. The van der Waals surface area contributed by atoms with Gasteiger partial charge in [0.1, 0.15) is 6.07 Å². The fourth-order valence-electron chi connectivity index (χ4n) is 1.54. The zero-order chi connectivity index (χ0) is 12.3. The van der Waals surface area contributed by atoms with Crippen molar-refractivity contribution in [3.8, 4) is 6.07 Å². The summed E-state index contributed by atoms with van der Waals surface area (Å²) in [6.45, 7) is -0.583. The molecule has 3 nitrogen and oxygen atoms in total. The summed E-state index contributed by atoms with van der Waals surface area (Å²) in [5.41, 5.74) is -0.0717. The highest BCUT2D eigenvalue weighted by Crippen LogP contribution is 2.29. The van der Waals surface area contributed by atoms with Crippen molar-refractivity contribution in [1.29, 1.82) is 5.26 Å². The molecule has 0 saturated carbocycles. The van der Waals surface area contributed by atoms with Gasteiger partial charge < -0.3 is 4.57 Å². The third-order valence-corrected chi connectivity index (χ3v) is 2.38. The molecule has 0 spiro atoms. The second-order valence-corrected chi connectivity index (χ2v) is 3.56. The van der Waals surface area contributed by atoms with E-state index in [-0.39, 0.29) is 11.4 Å². The van der Waals surface area contributed by atoms with Crippen LogP contribution in [0.4, 0.5) is 8.78 Å². The van der Waals surface area contributed by atoms with Crippen LogP contribution in [-0.2, 0) is 12.5 Å². The highest BCUT2D eigenvalue weighted by Gasteiger charge is 2.32. The molecule has 1 aromatic heterocycles. The van der Waals surface area contributed by atoms with Gasteiger partial charge in [0.05, 0.1) is 6.54 Å². The SMILES string of the molecule is N#Cc1nccn1CC(F)(F)c1ccccc1. The summed E-state index contributed by atoms with van der Waals surface area (Å²) in [6, 6.07) is 9.29. The fourth-order valence-corrected chi connectivity index (χ4v) is 1.54. The number of nitrogens with zero attached hydrogens (tertiary/aromatic N) is 3. The molecule has 1 aromatic carbocycles. The van der Waals surface area contributed by atoms with Gasteiger partial charge in [-0.05, 0) is 0 Å². The monoisotopic (exact) mass is 233 g/mol. The summed E-state index contributed by atoms with van der Waals surface area (Å²) < 4.78 is 28.9. The van der Waals surface area contributed by atoms with Crippen molar-refractivity contribution in [1.82, 2.24) is 9.55 Å². The molecule has 86 valence electrons. The van der Waals surface area contributed by atoms with Gasteiger partial charge in [-0.2, -0.15) is 14.0 Å². The molecule has 0 aliphatic heterocycles. The third kappa shape index (κ3) is 2.31. The quantitative estimate of drug-likeness (QED) is 0.817. The lowest BCUT2D eigenvalue weighted by Crippen LogP contribution is -2.21. The highest BCUT2D eigenvalue weighted by atomic mass is 19.3. The molecular formula is C12H9F2N3. The molecule has 2 aromatic rings. The van der Waals surface area contributed by atoms with Crippen LogP contribution in [-0.4, -0.2) is 9.55 Å². The molecule has 2 rings (SSSR count). The zero-order valence-corrected chi connectivity index (χ0v) is 8.85. The highest BCUT2D eigenvalue weighted by molar-refractivity contribution is 5.21. The number of halogens is 2. The van der Waals surface area contributed by atoms with Crippen LogP contribution >= 0.6 is 0 Å². The number of hydrogen-bond acceptors (Lipinski definition) is 2. The number of rotatable bonds is 3. The van der Waals surface area contributed by atoms with Gasteiger partial charge in [-0.15, -0.1) is 0 Å². The van der Waals surface area contributed by atoms with Gasteiger partial charge in [0.2, 0.25) is 5.82 Å². The molecule has 0 N–H and O–H groups in total. The minimum Gasteiger partial charge on any atom is -0.316 e. The molecule has 0 fully saturated rings. The maximum Gasteiger partial charge on any atom is 0.290 e. The fraction of sp³-hybridized carbons (Fsp3) is 0.167. The van der Waals surface area contributed by atoms with Gasteiger partial charge in [0.15, 0.2) is 0 Å². The van der Waals surface area contributed by atoms with Crippen LogP contribution in [0.3, 0.4) is 0 Å². The Balaban J connectivity index is 2.27. The summed E-state index contributed by atoms with van der Waals surface area (Å²) in [4.78, 5) is 3.68. The van der Waals surface area contributed by atoms with Crippen LogP contribution in [0.2, 0.25) is 0 Å². The largest absolute Gasteiger partial charge is 0.316 e. The normalized spacial score (nSPS) is 11.1. The predicted molar refractivity (Wildman–Crippen MR) is 57.3 cm³/mol.